The summed E-state index contributed by atoms with van der Waals surface area (Å²) in [4.78, 5) is 62.0. The van der Waals surface area contributed by atoms with Crippen LogP contribution in [0.15, 0.2) is 54.6 Å². The van der Waals surface area contributed by atoms with Crippen molar-refractivity contribution in [2.75, 3.05) is 0 Å². The van der Waals surface area contributed by atoms with E-state index in [-0.39, 0.29) is 16.9 Å². The smallest absolute Gasteiger partial charge is 0.338 e. The molecule has 2 unspecified atom stereocenters. The van der Waals surface area contributed by atoms with E-state index in [2.05, 4.69) is 0 Å². The number of phenolic OH excluding ortho intramolecular Hbond substituents is 3. The second-order valence-corrected chi connectivity index (χ2v) is 7.53. The zero-order valence-corrected chi connectivity index (χ0v) is 18.2. The van der Waals surface area contributed by atoms with Crippen LogP contribution in [-0.4, -0.2) is 70.8 Å². The number of carboxylic acid groups (broad SMARTS) is 3. The van der Waals surface area contributed by atoms with Crippen LogP contribution in [0.4, 0.5) is 0 Å². The van der Waals surface area contributed by atoms with E-state index in [9.17, 15) is 54.6 Å². The Kier molecular flexibility index (Phi) is 7.98. The van der Waals surface area contributed by atoms with E-state index >= 15 is 0 Å². The van der Waals surface area contributed by atoms with E-state index in [0.717, 1.165) is 24.3 Å². The highest BCUT2D eigenvalue weighted by molar-refractivity contribution is 6.32. The summed E-state index contributed by atoms with van der Waals surface area (Å²) in [6.45, 7) is 0. The number of phenols is 3. The zero-order valence-electron chi connectivity index (χ0n) is 18.2. The second kappa shape index (κ2) is 10.5. The number of carbonyl (C=O) groups is 5. The van der Waals surface area contributed by atoms with Crippen LogP contribution in [0.2, 0.25) is 0 Å². The molecule has 0 radical (unpaired) electrons. The number of aliphatic hydroxyl groups is 1. The molecule has 12 nitrogen and oxygen atoms in total. The highest BCUT2D eigenvalue weighted by atomic mass is 16.4. The monoisotopic (exact) mass is 500 g/mol. The van der Waals surface area contributed by atoms with Crippen LogP contribution in [0.5, 0.6) is 17.2 Å². The lowest BCUT2D eigenvalue weighted by Crippen LogP contribution is -2.66. The first kappa shape index (κ1) is 27.3. The lowest BCUT2D eigenvalue weighted by Gasteiger charge is -2.36. The standard InChI is InChI=1S/C24H20O12/c25-15-6-1-13(2-7-15)4-9-18(28)24(22(34)35,23(36,21(32)33)12-20(30)31)19(29)10-5-14-3-8-16(26)17(27)11-14/h1-11,25-27,36H,12H2,(H,30,31)(H,32,33)(H,34,35)/b9-4+,10-5+. The molecule has 0 heterocycles. The number of aromatic hydroxyl groups is 3. The van der Waals surface area contributed by atoms with Crippen molar-refractivity contribution in [1.29, 1.82) is 0 Å². The molecule has 7 N–H and O–H groups in total. The number of aliphatic carboxylic acids is 3. The first-order valence-corrected chi connectivity index (χ1v) is 9.92. The molecule has 0 fully saturated rings. The Bertz CT molecular complexity index is 1270. The molecular weight excluding hydrogens is 480 g/mol. The van der Waals surface area contributed by atoms with E-state index in [0.29, 0.717) is 12.2 Å². The van der Waals surface area contributed by atoms with Crippen molar-refractivity contribution >= 4 is 41.6 Å². The molecule has 0 spiro atoms. The van der Waals surface area contributed by atoms with Gasteiger partial charge < -0.3 is 35.7 Å². The molecule has 0 aliphatic rings. The summed E-state index contributed by atoms with van der Waals surface area (Å²) in [5, 5.41) is 67.8. The van der Waals surface area contributed by atoms with Gasteiger partial charge in [-0.2, -0.15) is 0 Å². The summed E-state index contributed by atoms with van der Waals surface area (Å²) in [5.74, 6) is -11.7. The lowest BCUT2D eigenvalue weighted by atomic mass is 9.64. The second-order valence-electron chi connectivity index (χ2n) is 7.53. The van der Waals surface area contributed by atoms with Gasteiger partial charge in [-0.25, -0.2) is 4.79 Å². The van der Waals surface area contributed by atoms with Crippen molar-refractivity contribution in [2.45, 2.75) is 12.0 Å². The Labute approximate surface area is 202 Å². The van der Waals surface area contributed by atoms with E-state index in [1.54, 1.807) is 0 Å². The van der Waals surface area contributed by atoms with Crippen molar-refractivity contribution in [1.82, 2.24) is 0 Å². The number of rotatable bonds is 11. The molecule has 36 heavy (non-hydrogen) atoms. The molecule has 0 aliphatic heterocycles. The van der Waals surface area contributed by atoms with E-state index in [1.165, 1.54) is 30.3 Å². The Morgan fingerprint density at radius 3 is 1.64 bits per heavy atom. The predicted octanol–water partition coefficient (Wildman–Crippen LogP) is 1.03. The number of benzene rings is 2. The van der Waals surface area contributed by atoms with Crippen LogP contribution in [0.1, 0.15) is 17.5 Å². The number of hydrogen-bond donors (Lipinski definition) is 7. The van der Waals surface area contributed by atoms with Crippen LogP contribution < -0.4 is 0 Å². The average Bonchev–Trinajstić information content (AvgIpc) is 2.79. The zero-order chi connectivity index (χ0) is 27.3. The Hall–Kier alpha value is -4.97. The molecule has 2 atom stereocenters. The average molecular weight is 500 g/mol. The van der Waals surface area contributed by atoms with Gasteiger partial charge in [0.2, 0.25) is 11.0 Å². The van der Waals surface area contributed by atoms with Gasteiger partial charge in [-0.1, -0.05) is 30.4 Å². The Morgan fingerprint density at radius 2 is 1.19 bits per heavy atom. The van der Waals surface area contributed by atoms with Gasteiger partial charge >= 0.3 is 17.9 Å². The topological polar surface area (TPSA) is 227 Å². The number of ketones is 2. The van der Waals surface area contributed by atoms with Gasteiger partial charge in [0, 0.05) is 0 Å². The van der Waals surface area contributed by atoms with E-state index in [4.69, 9.17) is 5.11 Å². The summed E-state index contributed by atoms with van der Waals surface area (Å²) < 4.78 is 0. The number of hydrogen-bond acceptors (Lipinski definition) is 9. The van der Waals surface area contributed by atoms with Gasteiger partial charge in [-0.3, -0.25) is 19.2 Å². The quantitative estimate of drug-likeness (QED) is 0.130. The number of allylic oxidation sites excluding steroid dienone is 2. The summed E-state index contributed by atoms with van der Waals surface area (Å²) in [6.07, 6.45) is 0.931. The minimum absolute atomic E-state index is 0.00197. The molecule has 0 bridgehead atoms. The van der Waals surface area contributed by atoms with Crippen molar-refractivity contribution in [3.63, 3.8) is 0 Å². The Balaban J connectivity index is 2.72. The summed E-state index contributed by atoms with van der Waals surface area (Å²) in [5.41, 5.74) is -7.57. The van der Waals surface area contributed by atoms with Gasteiger partial charge in [0.25, 0.3) is 0 Å². The number of carboxylic acids is 3. The third kappa shape index (κ3) is 5.23. The minimum Gasteiger partial charge on any atom is -0.508 e. The first-order chi connectivity index (χ1) is 16.7. The third-order valence-electron chi connectivity index (χ3n) is 5.19. The molecule has 2 rings (SSSR count). The predicted molar refractivity (Wildman–Crippen MR) is 121 cm³/mol. The lowest BCUT2D eigenvalue weighted by molar-refractivity contribution is -0.193. The van der Waals surface area contributed by atoms with Crippen LogP contribution in [0.25, 0.3) is 12.2 Å². The van der Waals surface area contributed by atoms with Crippen LogP contribution in [0, 0.1) is 5.41 Å². The summed E-state index contributed by atoms with van der Waals surface area (Å²) in [6, 6.07) is 8.17. The maximum Gasteiger partial charge on any atom is 0.338 e. The third-order valence-corrected chi connectivity index (χ3v) is 5.19. The molecule has 2 aromatic rings. The van der Waals surface area contributed by atoms with E-state index in [1.807, 2.05) is 0 Å². The maximum atomic E-state index is 13.2. The summed E-state index contributed by atoms with van der Waals surface area (Å²) >= 11 is 0. The molecular formula is C24H20O12. The van der Waals surface area contributed by atoms with Crippen LogP contribution in [-0.2, 0) is 24.0 Å². The maximum absolute atomic E-state index is 13.2. The molecule has 188 valence electrons. The SMILES string of the molecule is O=C(O)CC(O)(C(=O)O)C(C(=O)O)(C(=O)/C=C/c1ccc(O)cc1)C(=O)/C=C/c1ccc(O)c(O)c1. The highest BCUT2D eigenvalue weighted by Gasteiger charge is 2.69. The van der Waals surface area contributed by atoms with Gasteiger partial charge in [-0.15, -0.1) is 0 Å². The fourth-order valence-electron chi connectivity index (χ4n) is 3.33. The molecule has 0 aliphatic carbocycles. The Morgan fingerprint density at radius 1 is 0.694 bits per heavy atom. The first-order valence-electron chi connectivity index (χ1n) is 9.92. The van der Waals surface area contributed by atoms with Crippen LogP contribution >= 0.6 is 0 Å². The van der Waals surface area contributed by atoms with Gasteiger partial charge in [0.15, 0.2) is 23.1 Å². The highest BCUT2D eigenvalue weighted by Crippen LogP contribution is 2.39. The van der Waals surface area contributed by atoms with Crippen molar-refractivity contribution < 1.29 is 59.7 Å². The van der Waals surface area contributed by atoms with Crippen molar-refractivity contribution in [3.8, 4) is 17.2 Å². The molecule has 12 heteroatoms. The van der Waals surface area contributed by atoms with Crippen LogP contribution in [0.3, 0.4) is 0 Å². The molecule has 0 amide bonds. The van der Waals surface area contributed by atoms with Crippen molar-refractivity contribution in [2.24, 2.45) is 5.41 Å². The molecule has 0 saturated heterocycles. The van der Waals surface area contributed by atoms with Gasteiger partial charge in [0.05, 0.1) is 6.42 Å². The van der Waals surface area contributed by atoms with Gasteiger partial charge in [-0.05, 0) is 47.5 Å². The fourth-order valence-corrected chi connectivity index (χ4v) is 3.33. The number of carbonyl (C=O) groups excluding carboxylic acids is 2. The molecule has 0 aromatic heterocycles. The molecule has 2 aromatic carbocycles. The largest absolute Gasteiger partial charge is 0.508 e. The summed E-state index contributed by atoms with van der Waals surface area (Å²) in [7, 11) is 0. The molecule has 0 saturated carbocycles. The van der Waals surface area contributed by atoms with Crippen molar-refractivity contribution in [3.05, 3.63) is 65.7 Å². The minimum atomic E-state index is -3.93. The fraction of sp³-hybridized carbons (Fsp3) is 0.125. The normalized spacial score (nSPS) is 14.7. The van der Waals surface area contributed by atoms with Gasteiger partial charge in [0.1, 0.15) is 5.75 Å². The van der Waals surface area contributed by atoms with E-state index < -0.39 is 58.4 Å².